The molecule has 0 spiro atoms. The SMILES string of the molecule is c1ccc2c(-c3ccc(N(c4ccc(-c5ccc6c(c5)sc5ccccc56)cc4)c4ccc5ccc6ccccc6c5c4)cc3)cccc2c1. The molecule has 0 saturated carbocycles. The van der Waals surface area contributed by atoms with Crippen LogP contribution in [0.5, 0.6) is 0 Å². The molecule has 0 bridgehead atoms. The van der Waals surface area contributed by atoms with Crippen LogP contribution in [0, 0.1) is 0 Å². The fourth-order valence-electron chi connectivity index (χ4n) is 7.55. The molecule has 0 saturated heterocycles. The van der Waals surface area contributed by atoms with Gasteiger partial charge in [-0.15, -0.1) is 11.3 Å². The van der Waals surface area contributed by atoms with Gasteiger partial charge in [0.2, 0.25) is 0 Å². The van der Waals surface area contributed by atoms with Crippen LogP contribution in [-0.4, -0.2) is 0 Å². The first-order valence-corrected chi connectivity index (χ1v) is 17.9. The van der Waals surface area contributed by atoms with Crippen LogP contribution in [0.4, 0.5) is 17.1 Å². The smallest absolute Gasteiger partial charge is 0.0468 e. The molecule has 0 radical (unpaired) electrons. The number of hydrogen-bond donors (Lipinski definition) is 0. The second-order valence-electron chi connectivity index (χ2n) is 13.0. The van der Waals surface area contributed by atoms with E-state index < -0.39 is 0 Å². The minimum Gasteiger partial charge on any atom is -0.310 e. The van der Waals surface area contributed by atoms with Crippen LogP contribution in [0.15, 0.2) is 188 Å². The summed E-state index contributed by atoms with van der Waals surface area (Å²) in [6, 6.07) is 68.8. The molecule has 10 aromatic rings. The lowest BCUT2D eigenvalue weighted by Gasteiger charge is -2.26. The van der Waals surface area contributed by atoms with Crippen molar-refractivity contribution in [1.82, 2.24) is 0 Å². The van der Waals surface area contributed by atoms with E-state index in [9.17, 15) is 0 Å². The Kier molecular flexibility index (Phi) is 6.75. The molecule has 0 unspecified atom stereocenters. The molecule has 0 atom stereocenters. The van der Waals surface area contributed by atoms with Crippen LogP contribution < -0.4 is 4.90 Å². The van der Waals surface area contributed by atoms with E-state index in [4.69, 9.17) is 0 Å². The van der Waals surface area contributed by atoms with Crippen LogP contribution in [0.25, 0.3) is 74.7 Å². The van der Waals surface area contributed by atoms with Gasteiger partial charge in [0.1, 0.15) is 0 Å². The Morgan fingerprint density at radius 2 is 0.840 bits per heavy atom. The third kappa shape index (κ3) is 4.84. The molecule has 1 heterocycles. The molecule has 0 aliphatic rings. The summed E-state index contributed by atoms with van der Waals surface area (Å²) in [7, 11) is 0. The fraction of sp³-hybridized carbons (Fsp3) is 0. The first-order chi connectivity index (χ1) is 24.8. The van der Waals surface area contributed by atoms with E-state index in [0.717, 1.165) is 17.1 Å². The van der Waals surface area contributed by atoms with Crippen LogP contribution in [0.3, 0.4) is 0 Å². The standard InChI is InChI=1S/C48H31NS/c1-3-11-41-33(8-1)10-7-14-42(41)35-20-26-39(27-21-35)49(40-28-22-36-17-16-34-9-2-4-12-43(34)46(36)31-40)38-24-18-32(19-25-38)37-23-29-45-44-13-5-6-15-47(44)50-48(45)30-37/h1-31H. The van der Waals surface area contributed by atoms with Crippen LogP contribution >= 0.6 is 11.3 Å². The highest BCUT2D eigenvalue weighted by molar-refractivity contribution is 7.25. The van der Waals surface area contributed by atoms with Crippen LogP contribution in [0.2, 0.25) is 0 Å². The van der Waals surface area contributed by atoms with E-state index in [1.54, 1.807) is 0 Å². The Morgan fingerprint density at radius 3 is 1.62 bits per heavy atom. The van der Waals surface area contributed by atoms with Gasteiger partial charge in [-0.1, -0.05) is 140 Å². The molecule has 0 fully saturated rings. The maximum atomic E-state index is 2.38. The average Bonchev–Trinajstić information content (AvgIpc) is 3.56. The second kappa shape index (κ2) is 11.7. The van der Waals surface area contributed by atoms with Crippen molar-refractivity contribution in [2.24, 2.45) is 0 Å². The summed E-state index contributed by atoms with van der Waals surface area (Å²) in [6.07, 6.45) is 0. The third-order valence-corrected chi connectivity index (χ3v) is 11.2. The van der Waals surface area contributed by atoms with Crippen molar-refractivity contribution in [2.75, 3.05) is 4.90 Å². The average molecular weight is 654 g/mol. The van der Waals surface area contributed by atoms with E-state index in [-0.39, 0.29) is 0 Å². The monoisotopic (exact) mass is 653 g/mol. The molecule has 0 aliphatic heterocycles. The fourth-order valence-corrected chi connectivity index (χ4v) is 8.70. The molecule has 1 aromatic heterocycles. The number of nitrogens with zero attached hydrogens (tertiary/aromatic N) is 1. The van der Waals surface area contributed by atoms with Gasteiger partial charge in [0.15, 0.2) is 0 Å². The van der Waals surface area contributed by atoms with E-state index in [1.807, 2.05) is 11.3 Å². The zero-order valence-corrected chi connectivity index (χ0v) is 28.1. The highest BCUT2D eigenvalue weighted by Gasteiger charge is 2.16. The maximum Gasteiger partial charge on any atom is 0.0468 e. The Morgan fingerprint density at radius 1 is 0.300 bits per heavy atom. The van der Waals surface area contributed by atoms with Crippen LogP contribution in [-0.2, 0) is 0 Å². The lowest BCUT2D eigenvalue weighted by atomic mass is 9.97. The molecular formula is C48H31NS. The van der Waals surface area contributed by atoms with E-state index in [0.29, 0.717) is 0 Å². The van der Waals surface area contributed by atoms with Gasteiger partial charge in [0.05, 0.1) is 0 Å². The number of thiophene rings is 1. The molecule has 0 N–H and O–H groups in total. The number of benzene rings is 9. The van der Waals surface area contributed by atoms with Crippen molar-refractivity contribution in [2.45, 2.75) is 0 Å². The first kappa shape index (κ1) is 28.8. The van der Waals surface area contributed by atoms with Gasteiger partial charge >= 0.3 is 0 Å². The molecule has 50 heavy (non-hydrogen) atoms. The highest BCUT2D eigenvalue weighted by atomic mass is 32.1. The topological polar surface area (TPSA) is 3.24 Å². The van der Waals surface area contributed by atoms with Crippen molar-refractivity contribution >= 4 is 80.9 Å². The minimum absolute atomic E-state index is 1.12. The normalized spacial score (nSPS) is 11.6. The van der Waals surface area contributed by atoms with Gasteiger partial charge in [0.25, 0.3) is 0 Å². The van der Waals surface area contributed by atoms with Gasteiger partial charge in [0, 0.05) is 37.2 Å². The Balaban J connectivity index is 1.09. The number of rotatable bonds is 5. The van der Waals surface area contributed by atoms with Crippen molar-refractivity contribution in [1.29, 1.82) is 0 Å². The molecule has 0 aliphatic carbocycles. The van der Waals surface area contributed by atoms with E-state index >= 15 is 0 Å². The second-order valence-corrected chi connectivity index (χ2v) is 14.0. The van der Waals surface area contributed by atoms with Gasteiger partial charge in [-0.2, -0.15) is 0 Å². The summed E-state index contributed by atoms with van der Waals surface area (Å²) in [4.78, 5) is 2.38. The third-order valence-electron chi connectivity index (χ3n) is 10.1. The summed E-state index contributed by atoms with van der Waals surface area (Å²) in [5.74, 6) is 0. The molecule has 0 amide bonds. The lowest BCUT2D eigenvalue weighted by molar-refractivity contribution is 1.29. The molecule has 10 rings (SSSR count). The molecular weight excluding hydrogens is 623 g/mol. The number of anilines is 3. The summed E-state index contributed by atoms with van der Waals surface area (Å²) < 4.78 is 2.66. The van der Waals surface area contributed by atoms with E-state index in [2.05, 4.69) is 193 Å². The minimum atomic E-state index is 1.12. The summed E-state index contributed by atoms with van der Waals surface area (Å²) in [5.41, 5.74) is 8.27. The predicted molar refractivity (Wildman–Crippen MR) is 217 cm³/mol. The number of fused-ring (bicyclic) bond motifs is 7. The van der Waals surface area contributed by atoms with Crippen molar-refractivity contribution in [3.63, 3.8) is 0 Å². The molecule has 2 heteroatoms. The molecule has 234 valence electrons. The van der Waals surface area contributed by atoms with Crippen molar-refractivity contribution in [3.05, 3.63) is 188 Å². The molecule has 1 nitrogen and oxygen atoms in total. The van der Waals surface area contributed by atoms with Gasteiger partial charge in [-0.25, -0.2) is 0 Å². The zero-order valence-electron chi connectivity index (χ0n) is 27.3. The summed E-state index contributed by atoms with van der Waals surface area (Å²) in [6.45, 7) is 0. The van der Waals surface area contributed by atoms with Gasteiger partial charge in [-0.05, 0) is 103 Å². The number of hydrogen-bond acceptors (Lipinski definition) is 2. The summed E-state index contributed by atoms with van der Waals surface area (Å²) >= 11 is 1.87. The quantitative estimate of drug-likeness (QED) is 0.167. The van der Waals surface area contributed by atoms with Crippen molar-refractivity contribution < 1.29 is 0 Å². The summed E-state index contributed by atoms with van der Waals surface area (Å²) in [5, 5.41) is 10.2. The Labute approximate surface area is 294 Å². The van der Waals surface area contributed by atoms with Crippen molar-refractivity contribution in [3.8, 4) is 22.3 Å². The maximum absolute atomic E-state index is 2.38. The molecule has 9 aromatic carbocycles. The first-order valence-electron chi connectivity index (χ1n) is 17.1. The Hall–Kier alpha value is -6.22. The largest absolute Gasteiger partial charge is 0.310 e. The van der Waals surface area contributed by atoms with E-state index in [1.165, 1.54) is 74.7 Å². The zero-order chi connectivity index (χ0) is 33.0. The van der Waals surface area contributed by atoms with Crippen LogP contribution in [0.1, 0.15) is 0 Å². The van der Waals surface area contributed by atoms with Gasteiger partial charge in [-0.3, -0.25) is 0 Å². The Bertz CT molecular complexity index is 2860. The predicted octanol–water partition coefficient (Wildman–Crippen LogP) is 14.3. The highest BCUT2D eigenvalue weighted by Crippen LogP contribution is 2.41. The van der Waals surface area contributed by atoms with Gasteiger partial charge < -0.3 is 4.90 Å². The lowest BCUT2D eigenvalue weighted by Crippen LogP contribution is -2.09.